The number of fused-ring (bicyclic) bond motifs is 1. The van der Waals surface area contributed by atoms with Crippen LogP contribution in [0.15, 0.2) is 48.5 Å². The summed E-state index contributed by atoms with van der Waals surface area (Å²) in [5.74, 6) is 1.19. The molecule has 4 nitrogen and oxygen atoms in total. The molecule has 2 fully saturated rings. The summed E-state index contributed by atoms with van der Waals surface area (Å²) in [4.78, 5) is 17.6. The van der Waals surface area contributed by atoms with E-state index in [1.54, 1.807) is 0 Å². The lowest BCUT2D eigenvalue weighted by molar-refractivity contribution is 0.0713. The number of aryl methyl sites for hydroxylation is 1. The lowest BCUT2D eigenvalue weighted by Gasteiger charge is -2.30. The molecule has 3 atom stereocenters. The Morgan fingerprint density at radius 1 is 1.12 bits per heavy atom. The van der Waals surface area contributed by atoms with Gasteiger partial charge in [-0.05, 0) is 42.2 Å². The highest BCUT2D eigenvalue weighted by Gasteiger charge is 2.47. The van der Waals surface area contributed by atoms with Crippen LogP contribution in [0.5, 0.6) is 0 Å². The van der Waals surface area contributed by atoms with Gasteiger partial charge >= 0.3 is 0 Å². The lowest BCUT2D eigenvalue weighted by Crippen LogP contribution is -2.35. The second kappa shape index (κ2) is 6.76. The third-order valence-corrected chi connectivity index (χ3v) is 5.94. The Morgan fingerprint density at radius 3 is 2.69 bits per heavy atom. The summed E-state index contributed by atoms with van der Waals surface area (Å²) in [6.07, 6.45) is 0. The van der Waals surface area contributed by atoms with Crippen LogP contribution in [0.25, 0.3) is 0 Å². The van der Waals surface area contributed by atoms with Crippen LogP contribution in [0.1, 0.15) is 27.5 Å². The van der Waals surface area contributed by atoms with Gasteiger partial charge in [-0.1, -0.05) is 30.3 Å². The number of carbonyl (C=O) groups is 1. The van der Waals surface area contributed by atoms with E-state index in [1.165, 1.54) is 11.1 Å². The number of nitrogens with one attached hydrogen (secondary N) is 1. The monoisotopic (exact) mass is 349 g/mol. The van der Waals surface area contributed by atoms with Crippen LogP contribution in [0.2, 0.25) is 0 Å². The van der Waals surface area contributed by atoms with Gasteiger partial charge in [0.25, 0.3) is 5.91 Å². The highest BCUT2D eigenvalue weighted by molar-refractivity contribution is 5.95. The van der Waals surface area contributed by atoms with E-state index in [1.807, 2.05) is 43.3 Å². The first kappa shape index (κ1) is 17.1. The maximum Gasteiger partial charge on any atom is 0.254 e. The van der Waals surface area contributed by atoms with E-state index < -0.39 is 0 Å². The Balaban J connectivity index is 1.71. The van der Waals surface area contributed by atoms with Crippen LogP contribution >= 0.6 is 0 Å². The molecule has 0 spiro atoms. The van der Waals surface area contributed by atoms with Crippen molar-refractivity contribution >= 4 is 11.6 Å². The Kier molecular flexibility index (Phi) is 4.45. The fraction of sp³-hybridized carbons (Fsp3) is 0.409. The van der Waals surface area contributed by atoms with Crippen molar-refractivity contribution in [2.24, 2.45) is 11.8 Å². The van der Waals surface area contributed by atoms with Crippen molar-refractivity contribution in [1.29, 1.82) is 0 Å². The van der Waals surface area contributed by atoms with Gasteiger partial charge in [0.1, 0.15) is 0 Å². The van der Waals surface area contributed by atoms with Gasteiger partial charge in [-0.2, -0.15) is 0 Å². The van der Waals surface area contributed by atoms with Crippen molar-refractivity contribution in [1.82, 2.24) is 10.2 Å². The van der Waals surface area contributed by atoms with E-state index in [9.17, 15) is 4.79 Å². The minimum absolute atomic E-state index is 0.149. The zero-order valence-electron chi connectivity index (χ0n) is 15.8. The first-order chi connectivity index (χ1) is 12.6. The summed E-state index contributed by atoms with van der Waals surface area (Å²) in [6.45, 7) is 4.99. The summed E-state index contributed by atoms with van der Waals surface area (Å²) in [7, 11) is 4.01. The molecular formula is C22H27N3O. The van der Waals surface area contributed by atoms with Crippen LogP contribution < -0.4 is 10.2 Å². The summed E-state index contributed by atoms with van der Waals surface area (Å²) in [5.41, 5.74) is 4.40. The smallest absolute Gasteiger partial charge is 0.254 e. The Morgan fingerprint density at radius 2 is 1.92 bits per heavy atom. The zero-order valence-corrected chi connectivity index (χ0v) is 15.8. The number of likely N-dealkylation sites (tertiary alicyclic amines) is 1. The number of hydrogen-bond acceptors (Lipinski definition) is 3. The molecule has 2 aromatic carbocycles. The normalized spacial score (nSPS) is 24.6. The number of carbonyl (C=O) groups excluding carboxylic acids is 1. The van der Waals surface area contributed by atoms with Gasteiger partial charge in [0, 0.05) is 50.9 Å². The topological polar surface area (TPSA) is 35.6 Å². The van der Waals surface area contributed by atoms with Gasteiger partial charge in [0.15, 0.2) is 0 Å². The quantitative estimate of drug-likeness (QED) is 0.925. The van der Waals surface area contributed by atoms with E-state index in [2.05, 4.69) is 41.4 Å². The van der Waals surface area contributed by atoms with E-state index in [-0.39, 0.29) is 11.9 Å². The SMILES string of the molecule is Cc1ccccc1[C@H]1[C@H]2CNC[C@H]2CN1C(=O)c1cccc(N(C)C)c1. The Hall–Kier alpha value is -2.33. The molecule has 2 heterocycles. The maximum atomic E-state index is 13.4. The minimum atomic E-state index is 0.149. The molecule has 0 radical (unpaired) electrons. The van der Waals surface area contributed by atoms with Crippen molar-refractivity contribution in [2.75, 3.05) is 38.6 Å². The Labute approximate surface area is 155 Å². The van der Waals surface area contributed by atoms with Crippen LogP contribution in [-0.2, 0) is 0 Å². The van der Waals surface area contributed by atoms with Crippen LogP contribution in [0, 0.1) is 18.8 Å². The van der Waals surface area contributed by atoms with Gasteiger partial charge in [0.05, 0.1) is 6.04 Å². The van der Waals surface area contributed by atoms with Crippen LogP contribution in [-0.4, -0.2) is 44.5 Å². The average Bonchev–Trinajstić information content (AvgIpc) is 3.23. The molecular weight excluding hydrogens is 322 g/mol. The molecule has 2 aromatic rings. The number of amides is 1. The molecule has 0 saturated carbocycles. The van der Waals surface area contributed by atoms with Gasteiger partial charge in [-0.25, -0.2) is 0 Å². The van der Waals surface area contributed by atoms with Gasteiger partial charge in [0.2, 0.25) is 0 Å². The molecule has 2 saturated heterocycles. The molecule has 2 aliphatic rings. The third kappa shape index (κ3) is 2.88. The number of benzene rings is 2. The Bertz CT molecular complexity index is 817. The van der Waals surface area contributed by atoms with Crippen molar-refractivity contribution in [2.45, 2.75) is 13.0 Å². The summed E-state index contributed by atoms with van der Waals surface area (Å²) >= 11 is 0. The molecule has 4 rings (SSSR count). The van der Waals surface area contributed by atoms with E-state index in [4.69, 9.17) is 0 Å². The molecule has 0 bridgehead atoms. The van der Waals surface area contributed by atoms with Gasteiger partial charge in [-0.15, -0.1) is 0 Å². The number of nitrogens with zero attached hydrogens (tertiary/aromatic N) is 2. The van der Waals surface area contributed by atoms with E-state index in [0.717, 1.165) is 30.9 Å². The van der Waals surface area contributed by atoms with E-state index in [0.29, 0.717) is 11.8 Å². The van der Waals surface area contributed by atoms with Gasteiger partial charge in [-0.3, -0.25) is 4.79 Å². The summed E-state index contributed by atoms with van der Waals surface area (Å²) in [5, 5.41) is 3.52. The number of anilines is 1. The number of rotatable bonds is 3. The molecule has 4 heteroatoms. The first-order valence-corrected chi connectivity index (χ1v) is 9.41. The summed E-state index contributed by atoms with van der Waals surface area (Å²) < 4.78 is 0. The second-order valence-corrected chi connectivity index (χ2v) is 7.79. The molecule has 1 amide bonds. The van der Waals surface area contributed by atoms with Crippen LogP contribution in [0.3, 0.4) is 0 Å². The van der Waals surface area contributed by atoms with Crippen LogP contribution in [0.4, 0.5) is 5.69 Å². The number of hydrogen-bond donors (Lipinski definition) is 1. The molecule has 0 unspecified atom stereocenters. The lowest BCUT2D eigenvalue weighted by atomic mass is 9.87. The fourth-order valence-electron chi connectivity index (χ4n) is 4.53. The minimum Gasteiger partial charge on any atom is -0.378 e. The van der Waals surface area contributed by atoms with Crippen molar-refractivity contribution < 1.29 is 4.79 Å². The zero-order chi connectivity index (χ0) is 18.3. The van der Waals surface area contributed by atoms with Crippen molar-refractivity contribution in [3.05, 3.63) is 65.2 Å². The molecule has 26 heavy (non-hydrogen) atoms. The van der Waals surface area contributed by atoms with Crippen molar-refractivity contribution in [3.63, 3.8) is 0 Å². The average molecular weight is 349 g/mol. The molecule has 0 aliphatic carbocycles. The largest absolute Gasteiger partial charge is 0.378 e. The molecule has 136 valence electrons. The third-order valence-electron chi connectivity index (χ3n) is 5.94. The maximum absolute atomic E-state index is 13.4. The molecule has 0 aromatic heterocycles. The molecule has 2 aliphatic heterocycles. The summed E-state index contributed by atoms with van der Waals surface area (Å²) in [6, 6.07) is 16.6. The fourth-order valence-corrected chi connectivity index (χ4v) is 4.53. The molecule has 1 N–H and O–H groups in total. The predicted octanol–water partition coefficient (Wildman–Crippen LogP) is 3.09. The second-order valence-electron chi connectivity index (χ2n) is 7.79. The highest BCUT2D eigenvalue weighted by Crippen LogP contribution is 2.44. The van der Waals surface area contributed by atoms with Crippen molar-refractivity contribution in [3.8, 4) is 0 Å². The van der Waals surface area contributed by atoms with Gasteiger partial charge < -0.3 is 15.1 Å². The predicted molar refractivity (Wildman–Crippen MR) is 106 cm³/mol. The first-order valence-electron chi connectivity index (χ1n) is 9.41. The highest BCUT2D eigenvalue weighted by atomic mass is 16.2. The van der Waals surface area contributed by atoms with E-state index >= 15 is 0 Å². The standard InChI is InChI=1S/C22H27N3O/c1-15-7-4-5-10-19(15)21-20-13-23-12-17(20)14-25(21)22(26)16-8-6-9-18(11-16)24(2)3/h4-11,17,20-21,23H,12-14H2,1-3H3/t17-,20-,21-/m0/s1.